The van der Waals surface area contributed by atoms with Crippen LogP contribution in [0.15, 0.2) is 78.9 Å². The molecule has 0 aliphatic carbocycles. The average molecular weight is 475 g/mol. The molecule has 0 radical (unpaired) electrons. The van der Waals surface area contributed by atoms with Gasteiger partial charge < -0.3 is 14.8 Å². The number of hydrogen-bond donors (Lipinski definition) is 2. The van der Waals surface area contributed by atoms with E-state index in [0.29, 0.717) is 6.42 Å². The quantitative estimate of drug-likeness (QED) is 0.436. The van der Waals surface area contributed by atoms with Crippen molar-refractivity contribution in [3.63, 3.8) is 0 Å². The van der Waals surface area contributed by atoms with Crippen molar-refractivity contribution in [1.29, 1.82) is 0 Å². The number of anilines is 1. The Bertz CT molecular complexity index is 1180. The number of aryl methyl sites for hydroxylation is 1. The number of imide groups is 1. The lowest BCUT2D eigenvalue weighted by Gasteiger charge is -2.11. The van der Waals surface area contributed by atoms with Gasteiger partial charge in [-0.2, -0.15) is 0 Å². The fourth-order valence-corrected chi connectivity index (χ4v) is 3.26. The van der Waals surface area contributed by atoms with Crippen LogP contribution in [-0.4, -0.2) is 37.4 Å². The van der Waals surface area contributed by atoms with E-state index in [1.54, 1.807) is 49.6 Å². The van der Waals surface area contributed by atoms with E-state index in [-0.39, 0.29) is 30.0 Å². The van der Waals surface area contributed by atoms with Crippen LogP contribution in [-0.2, 0) is 32.0 Å². The molecular formula is C27H26N2O6. The highest BCUT2D eigenvalue weighted by atomic mass is 16.5. The molecule has 35 heavy (non-hydrogen) atoms. The highest BCUT2D eigenvalue weighted by Crippen LogP contribution is 2.18. The Morgan fingerprint density at radius 3 is 2.14 bits per heavy atom. The van der Waals surface area contributed by atoms with Gasteiger partial charge in [-0.05, 0) is 41.8 Å². The molecule has 180 valence electrons. The number of hydrogen-bond acceptors (Lipinski definition) is 6. The number of rotatable bonds is 10. The molecule has 0 fully saturated rings. The number of carbonyl (C=O) groups excluding carboxylic acids is 4. The standard InChI is InChI=1S/C27H26N2O6/c1-34-21-14-11-19(12-15-21)13-16-24(30)28-23-10-6-5-9-22(23)27(33)35-18-26(32)29-25(31)17-20-7-3-2-4-8-20/h2-12,14-15H,13,16-18H2,1H3,(H,28,30)(H,29,31,32). The van der Waals surface area contributed by atoms with Crippen LogP contribution >= 0.6 is 0 Å². The molecule has 8 nitrogen and oxygen atoms in total. The van der Waals surface area contributed by atoms with Crippen LogP contribution in [0.5, 0.6) is 5.75 Å². The molecule has 0 atom stereocenters. The van der Waals surface area contributed by atoms with E-state index in [9.17, 15) is 19.2 Å². The molecule has 0 aliphatic heterocycles. The normalized spacial score (nSPS) is 10.2. The molecule has 0 heterocycles. The van der Waals surface area contributed by atoms with Gasteiger partial charge in [0.1, 0.15) is 5.75 Å². The molecule has 3 rings (SSSR count). The Kier molecular flexibility index (Phi) is 9.13. The maximum atomic E-state index is 12.5. The highest BCUT2D eigenvalue weighted by Gasteiger charge is 2.17. The second kappa shape index (κ2) is 12.7. The molecule has 0 unspecified atom stereocenters. The van der Waals surface area contributed by atoms with Crippen LogP contribution in [0, 0.1) is 0 Å². The second-order valence-corrected chi connectivity index (χ2v) is 7.65. The van der Waals surface area contributed by atoms with E-state index in [1.807, 2.05) is 30.3 Å². The molecule has 3 aromatic rings. The van der Waals surface area contributed by atoms with Crippen molar-refractivity contribution in [2.24, 2.45) is 0 Å². The Labute approximate surface area is 203 Å². The van der Waals surface area contributed by atoms with E-state index >= 15 is 0 Å². The zero-order valence-electron chi connectivity index (χ0n) is 19.3. The molecule has 8 heteroatoms. The van der Waals surface area contributed by atoms with Gasteiger partial charge in [-0.1, -0.05) is 54.6 Å². The third-order valence-electron chi connectivity index (χ3n) is 5.04. The molecule has 0 aliphatic rings. The number of benzene rings is 3. The van der Waals surface area contributed by atoms with Gasteiger partial charge in [-0.3, -0.25) is 19.7 Å². The highest BCUT2D eigenvalue weighted by molar-refractivity contribution is 6.02. The van der Waals surface area contributed by atoms with Crippen molar-refractivity contribution in [2.45, 2.75) is 19.3 Å². The fourth-order valence-electron chi connectivity index (χ4n) is 3.26. The summed E-state index contributed by atoms with van der Waals surface area (Å²) in [5.41, 5.74) is 2.11. The van der Waals surface area contributed by atoms with Crippen LogP contribution in [0.25, 0.3) is 0 Å². The molecule has 0 spiro atoms. The summed E-state index contributed by atoms with van der Waals surface area (Å²) in [6, 6.07) is 22.7. The number of amides is 3. The van der Waals surface area contributed by atoms with Crippen LogP contribution < -0.4 is 15.4 Å². The predicted molar refractivity (Wildman–Crippen MR) is 130 cm³/mol. The Hall–Kier alpha value is -4.46. The van der Waals surface area contributed by atoms with E-state index in [1.165, 1.54) is 6.07 Å². The third-order valence-corrected chi connectivity index (χ3v) is 5.04. The van der Waals surface area contributed by atoms with Crippen molar-refractivity contribution >= 4 is 29.4 Å². The van der Waals surface area contributed by atoms with Crippen molar-refractivity contribution in [3.8, 4) is 5.75 Å². The fraction of sp³-hybridized carbons (Fsp3) is 0.185. The average Bonchev–Trinajstić information content (AvgIpc) is 2.87. The Morgan fingerprint density at radius 1 is 0.743 bits per heavy atom. The van der Waals surface area contributed by atoms with Crippen LogP contribution in [0.4, 0.5) is 5.69 Å². The smallest absolute Gasteiger partial charge is 0.340 e. The zero-order chi connectivity index (χ0) is 25.0. The summed E-state index contributed by atoms with van der Waals surface area (Å²) in [7, 11) is 1.59. The molecule has 3 amide bonds. The van der Waals surface area contributed by atoms with E-state index in [4.69, 9.17) is 9.47 Å². The molecular weight excluding hydrogens is 448 g/mol. The molecule has 3 aromatic carbocycles. The minimum atomic E-state index is -0.790. The first-order valence-corrected chi connectivity index (χ1v) is 11.0. The largest absolute Gasteiger partial charge is 0.497 e. The van der Waals surface area contributed by atoms with Crippen LogP contribution in [0.3, 0.4) is 0 Å². The predicted octanol–water partition coefficient (Wildman–Crippen LogP) is 3.31. The molecule has 0 saturated carbocycles. The van der Waals surface area contributed by atoms with Crippen LogP contribution in [0.2, 0.25) is 0 Å². The summed E-state index contributed by atoms with van der Waals surface area (Å²) < 4.78 is 10.2. The minimum Gasteiger partial charge on any atom is -0.497 e. The first-order valence-electron chi connectivity index (χ1n) is 11.0. The number of ether oxygens (including phenoxy) is 2. The molecule has 0 saturated heterocycles. The lowest BCUT2D eigenvalue weighted by atomic mass is 10.1. The monoisotopic (exact) mass is 474 g/mol. The van der Waals surface area contributed by atoms with Gasteiger partial charge in [0, 0.05) is 6.42 Å². The number of esters is 1. The van der Waals surface area contributed by atoms with Gasteiger partial charge in [0.2, 0.25) is 11.8 Å². The summed E-state index contributed by atoms with van der Waals surface area (Å²) in [6.07, 6.45) is 0.757. The van der Waals surface area contributed by atoms with Crippen molar-refractivity contribution in [3.05, 3.63) is 95.6 Å². The first kappa shape index (κ1) is 25.2. The van der Waals surface area contributed by atoms with Crippen molar-refractivity contribution in [1.82, 2.24) is 5.32 Å². The van der Waals surface area contributed by atoms with Gasteiger partial charge in [0.15, 0.2) is 6.61 Å². The van der Waals surface area contributed by atoms with Gasteiger partial charge in [-0.15, -0.1) is 0 Å². The van der Waals surface area contributed by atoms with E-state index in [2.05, 4.69) is 10.6 Å². The van der Waals surface area contributed by atoms with Gasteiger partial charge in [-0.25, -0.2) is 4.79 Å². The number of para-hydroxylation sites is 1. The first-order chi connectivity index (χ1) is 16.9. The van der Waals surface area contributed by atoms with Gasteiger partial charge in [0.05, 0.1) is 24.8 Å². The summed E-state index contributed by atoms with van der Waals surface area (Å²) in [6.45, 7) is -0.626. The molecule has 0 aromatic heterocycles. The van der Waals surface area contributed by atoms with E-state index < -0.39 is 24.4 Å². The maximum Gasteiger partial charge on any atom is 0.340 e. The second-order valence-electron chi connectivity index (χ2n) is 7.65. The van der Waals surface area contributed by atoms with Crippen molar-refractivity contribution in [2.75, 3.05) is 19.0 Å². The van der Waals surface area contributed by atoms with Crippen molar-refractivity contribution < 1.29 is 28.7 Å². The maximum absolute atomic E-state index is 12.5. The topological polar surface area (TPSA) is 111 Å². The summed E-state index contributed by atoms with van der Waals surface area (Å²) in [4.78, 5) is 48.9. The Balaban J connectivity index is 1.48. The molecule has 2 N–H and O–H groups in total. The lowest BCUT2D eigenvalue weighted by molar-refractivity contribution is -0.132. The summed E-state index contributed by atoms with van der Waals surface area (Å²) in [5.74, 6) is -1.56. The number of nitrogens with one attached hydrogen (secondary N) is 2. The van der Waals surface area contributed by atoms with Gasteiger partial charge in [0.25, 0.3) is 5.91 Å². The third kappa shape index (κ3) is 8.12. The number of carbonyl (C=O) groups is 4. The summed E-state index contributed by atoms with van der Waals surface area (Å²) in [5, 5.41) is 4.90. The lowest BCUT2D eigenvalue weighted by Crippen LogP contribution is -2.35. The Morgan fingerprint density at radius 2 is 1.43 bits per heavy atom. The summed E-state index contributed by atoms with van der Waals surface area (Å²) >= 11 is 0. The van der Waals surface area contributed by atoms with Crippen LogP contribution in [0.1, 0.15) is 27.9 Å². The zero-order valence-corrected chi connectivity index (χ0v) is 19.3. The number of methoxy groups -OCH3 is 1. The van der Waals surface area contributed by atoms with Gasteiger partial charge >= 0.3 is 5.97 Å². The van der Waals surface area contributed by atoms with E-state index in [0.717, 1.165) is 16.9 Å². The SMILES string of the molecule is COc1ccc(CCC(=O)Nc2ccccc2C(=O)OCC(=O)NC(=O)Cc2ccccc2)cc1. The minimum absolute atomic E-state index is 0.0336. The molecule has 0 bridgehead atoms.